The molecule has 10 heteroatoms. The van der Waals surface area contributed by atoms with Crippen LogP contribution in [-0.4, -0.2) is 55.0 Å². The van der Waals surface area contributed by atoms with Crippen LogP contribution < -0.4 is 10.2 Å². The molecule has 1 aliphatic heterocycles. The Morgan fingerprint density at radius 2 is 1.55 bits per heavy atom. The molecular weight excluding hydrogens is 507 g/mol. The summed E-state index contributed by atoms with van der Waals surface area (Å²) in [5, 5.41) is 20.8. The largest absolute Gasteiger partial charge is 0.545 e. The zero-order valence-corrected chi connectivity index (χ0v) is 21.2. The molecule has 178 valence electrons. The zero-order valence-electron chi connectivity index (χ0n) is 18.1. The van der Waals surface area contributed by atoms with Crippen molar-refractivity contribution in [3.8, 4) is 0 Å². The van der Waals surface area contributed by atoms with Gasteiger partial charge in [0.1, 0.15) is 0 Å². The second kappa shape index (κ2) is 13.2. The highest BCUT2D eigenvalue weighted by atomic mass is 35.5. The van der Waals surface area contributed by atoms with Crippen LogP contribution >= 0.6 is 46.6 Å². The molecule has 0 spiro atoms. The van der Waals surface area contributed by atoms with E-state index in [1.807, 2.05) is 24.3 Å². The molecule has 6 nitrogen and oxygen atoms in total. The van der Waals surface area contributed by atoms with Crippen LogP contribution in [0.1, 0.15) is 18.5 Å². The SMILES string of the molecule is CC(c1cc(Cl)ccc1Sc1ccc(Cl)c(Cl)c1)N1CCN(C)CC1.O=C([O-])C=CC(=O)[O-]. The van der Waals surface area contributed by atoms with E-state index in [4.69, 9.17) is 34.8 Å². The number of carbonyl (C=O) groups is 2. The van der Waals surface area contributed by atoms with Crippen LogP contribution in [0.25, 0.3) is 0 Å². The molecule has 0 aliphatic carbocycles. The number of likely N-dealkylation sites (N-methyl/N-ethyl adjacent to an activating group) is 1. The van der Waals surface area contributed by atoms with Crippen LogP contribution in [0.2, 0.25) is 15.1 Å². The van der Waals surface area contributed by atoms with Gasteiger partial charge < -0.3 is 24.7 Å². The number of nitrogens with zero attached hydrogens (tertiary/aromatic N) is 2. The third kappa shape index (κ3) is 9.20. The highest BCUT2D eigenvalue weighted by Crippen LogP contribution is 2.38. The molecule has 0 amide bonds. The molecule has 3 rings (SSSR count). The average Bonchev–Trinajstić information content (AvgIpc) is 2.76. The predicted molar refractivity (Wildman–Crippen MR) is 129 cm³/mol. The first-order valence-electron chi connectivity index (χ1n) is 10.0. The van der Waals surface area contributed by atoms with E-state index in [2.05, 4.69) is 35.9 Å². The number of carboxylic acid groups (broad SMARTS) is 2. The molecule has 1 unspecified atom stereocenters. The summed E-state index contributed by atoms with van der Waals surface area (Å²) in [4.78, 5) is 26.0. The Bertz CT molecular complexity index is 995. The van der Waals surface area contributed by atoms with E-state index >= 15 is 0 Å². The van der Waals surface area contributed by atoms with Crippen molar-refractivity contribution in [2.75, 3.05) is 33.2 Å². The van der Waals surface area contributed by atoms with Gasteiger partial charge in [-0.1, -0.05) is 46.6 Å². The normalized spacial score (nSPS) is 15.7. The molecule has 0 bridgehead atoms. The quantitative estimate of drug-likeness (QED) is 0.531. The van der Waals surface area contributed by atoms with Crippen LogP contribution in [0.3, 0.4) is 0 Å². The number of hydrogen-bond acceptors (Lipinski definition) is 7. The van der Waals surface area contributed by atoms with Gasteiger partial charge in [-0.25, -0.2) is 0 Å². The van der Waals surface area contributed by atoms with Crippen molar-refractivity contribution in [2.45, 2.75) is 22.8 Å². The van der Waals surface area contributed by atoms with Gasteiger partial charge in [0.2, 0.25) is 0 Å². The van der Waals surface area contributed by atoms with Crippen molar-refractivity contribution in [3.05, 3.63) is 69.2 Å². The molecule has 0 saturated carbocycles. The molecule has 1 aliphatic rings. The van der Waals surface area contributed by atoms with Crippen molar-refractivity contribution < 1.29 is 19.8 Å². The lowest BCUT2D eigenvalue weighted by atomic mass is 10.1. The molecule has 33 heavy (non-hydrogen) atoms. The number of piperazine rings is 1. The lowest BCUT2D eigenvalue weighted by Crippen LogP contribution is -2.45. The first kappa shape index (κ1) is 27.5. The van der Waals surface area contributed by atoms with Crippen molar-refractivity contribution in [2.24, 2.45) is 0 Å². The van der Waals surface area contributed by atoms with E-state index < -0.39 is 11.9 Å². The summed E-state index contributed by atoms with van der Waals surface area (Å²) in [7, 11) is 2.17. The van der Waals surface area contributed by atoms with Crippen molar-refractivity contribution >= 4 is 58.5 Å². The minimum absolute atomic E-state index is 0.317. The van der Waals surface area contributed by atoms with E-state index in [1.165, 1.54) is 10.5 Å². The lowest BCUT2D eigenvalue weighted by molar-refractivity contribution is -0.301. The van der Waals surface area contributed by atoms with E-state index in [0.717, 1.165) is 36.1 Å². The summed E-state index contributed by atoms with van der Waals surface area (Å²) in [5.74, 6) is -3.09. The van der Waals surface area contributed by atoms with Crippen LogP contribution in [0, 0.1) is 0 Å². The first-order chi connectivity index (χ1) is 15.6. The Hall–Kier alpha value is -1.74. The van der Waals surface area contributed by atoms with Crippen LogP contribution in [-0.2, 0) is 9.59 Å². The van der Waals surface area contributed by atoms with Gasteiger partial charge >= 0.3 is 0 Å². The smallest absolute Gasteiger partial charge is 0.0643 e. The maximum Gasteiger partial charge on any atom is 0.0643 e. The second-order valence-corrected chi connectivity index (χ2v) is 9.71. The van der Waals surface area contributed by atoms with E-state index in [9.17, 15) is 19.8 Å². The van der Waals surface area contributed by atoms with E-state index in [-0.39, 0.29) is 0 Å². The number of aliphatic carboxylic acids is 2. The van der Waals surface area contributed by atoms with Gasteiger partial charge in [0.25, 0.3) is 0 Å². The van der Waals surface area contributed by atoms with E-state index in [1.54, 1.807) is 11.8 Å². The van der Waals surface area contributed by atoms with Gasteiger partial charge in [-0.05, 0) is 68.1 Å². The number of carboxylic acids is 2. The van der Waals surface area contributed by atoms with E-state index in [0.29, 0.717) is 28.2 Å². The standard InChI is InChI=1S/C19H21Cl3N2S.C4H4O4/c1-13(24-9-7-23(2)8-10-24)16-11-14(20)3-6-19(16)25-15-4-5-17(21)18(22)12-15;5-3(6)1-2-4(7)8/h3-6,11-13H,7-10H2,1-2H3;1-2H,(H,5,6)(H,7,8)/p-2. The molecular formula is C23H23Cl3N2O4S-2. The summed E-state index contributed by atoms with van der Waals surface area (Å²) in [6.07, 6.45) is 0.769. The fourth-order valence-electron chi connectivity index (χ4n) is 3.15. The van der Waals surface area contributed by atoms with Crippen molar-refractivity contribution in [3.63, 3.8) is 0 Å². The fourth-order valence-corrected chi connectivity index (χ4v) is 4.74. The molecule has 0 radical (unpaired) electrons. The monoisotopic (exact) mass is 528 g/mol. The third-order valence-electron chi connectivity index (χ3n) is 4.98. The predicted octanol–water partition coefficient (Wildman–Crippen LogP) is 3.15. The number of carbonyl (C=O) groups excluding carboxylic acids is 2. The summed E-state index contributed by atoms with van der Waals surface area (Å²) >= 11 is 20.2. The first-order valence-corrected chi connectivity index (χ1v) is 12.0. The van der Waals surface area contributed by atoms with Gasteiger partial charge in [0.05, 0.1) is 22.0 Å². The van der Waals surface area contributed by atoms with Crippen molar-refractivity contribution in [1.29, 1.82) is 0 Å². The topological polar surface area (TPSA) is 86.7 Å². The van der Waals surface area contributed by atoms with Gasteiger partial charge in [-0.15, -0.1) is 0 Å². The Kier molecular flexibility index (Phi) is 11.0. The summed E-state index contributed by atoms with van der Waals surface area (Å²) in [6.45, 7) is 6.60. The molecule has 1 fully saturated rings. The molecule has 2 aromatic carbocycles. The molecule has 0 N–H and O–H groups in total. The van der Waals surface area contributed by atoms with Crippen LogP contribution in [0.5, 0.6) is 0 Å². The maximum atomic E-state index is 9.41. The Morgan fingerprint density at radius 1 is 0.939 bits per heavy atom. The van der Waals surface area contributed by atoms with Gasteiger partial charge in [-0.3, -0.25) is 4.90 Å². The Labute approximate surface area is 212 Å². The Morgan fingerprint density at radius 3 is 2.09 bits per heavy atom. The zero-order chi connectivity index (χ0) is 24.5. The second-order valence-electron chi connectivity index (χ2n) is 7.35. The third-order valence-corrected chi connectivity index (χ3v) is 7.04. The van der Waals surface area contributed by atoms with Gasteiger partial charge in [0, 0.05) is 47.0 Å². The number of rotatable bonds is 6. The van der Waals surface area contributed by atoms with Gasteiger partial charge in [0.15, 0.2) is 0 Å². The highest BCUT2D eigenvalue weighted by Gasteiger charge is 2.23. The minimum Gasteiger partial charge on any atom is -0.545 e. The molecule has 2 aromatic rings. The fraction of sp³-hybridized carbons (Fsp3) is 0.304. The average molecular weight is 530 g/mol. The molecule has 0 aromatic heterocycles. The lowest BCUT2D eigenvalue weighted by Gasteiger charge is -2.37. The van der Waals surface area contributed by atoms with Crippen LogP contribution in [0.4, 0.5) is 0 Å². The summed E-state index contributed by atoms with van der Waals surface area (Å²) in [6, 6.07) is 12.2. The minimum atomic E-state index is -1.55. The van der Waals surface area contributed by atoms with Gasteiger partial charge in [-0.2, -0.15) is 0 Å². The molecule has 1 heterocycles. The number of hydrogen-bond donors (Lipinski definition) is 0. The molecule has 1 atom stereocenters. The molecule has 1 saturated heterocycles. The highest BCUT2D eigenvalue weighted by molar-refractivity contribution is 7.99. The summed E-state index contributed by atoms with van der Waals surface area (Å²) < 4.78 is 0. The number of halogens is 3. The summed E-state index contributed by atoms with van der Waals surface area (Å²) in [5.41, 5.74) is 1.26. The Balaban J connectivity index is 0.000000414. The van der Waals surface area contributed by atoms with Crippen molar-refractivity contribution in [1.82, 2.24) is 9.80 Å². The maximum absolute atomic E-state index is 9.41. The number of benzene rings is 2. The van der Waals surface area contributed by atoms with Crippen LogP contribution in [0.15, 0.2) is 58.3 Å².